The smallest absolute Gasteiger partial charge is 0.0576 e. The number of rotatable bonds is 0. The van der Waals surface area contributed by atoms with Crippen LogP contribution < -0.4 is 10.6 Å². The van der Waals surface area contributed by atoms with Gasteiger partial charge in [-0.1, -0.05) is 37.8 Å². The molecule has 0 atom stereocenters. The quantitative estimate of drug-likeness (QED) is 0.707. The van der Waals surface area contributed by atoms with Crippen LogP contribution in [-0.2, 0) is 0 Å². The minimum Gasteiger partial charge on any atom is -0.383 e. The standard InChI is InChI=1S/C15H22N2/c1-2-6-10-15(9-5-1)11-16-13-7-3-4-8-14(13)17-12-15/h3-4,7-8,16-17H,1-2,5-6,9-12H2. The molecule has 3 rings (SSSR count). The summed E-state index contributed by atoms with van der Waals surface area (Å²) in [4.78, 5) is 0. The fourth-order valence-electron chi connectivity index (χ4n) is 3.25. The van der Waals surface area contributed by atoms with Crippen molar-refractivity contribution in [3.05, 3.63) is 24.3 Å². The summed E-state index contributed by atoms with van der Waals surface area (Å²) < 4.78 is 0. The summed E-state index contributed by atoms with van der Waals surface area (Å²) in [5.41, 5.74) is 3.03. The molecule has 0 amide bonds. The zero-order valence-corrected chi connectivity index (χ0v) is 10.5. The van der Waals surface area contributed by atoms with Gasteiger partial charge in [0.15, 0.2) is 0 Å². The molecule has 17 heavy (non-hydrogen) atoms. The first kappa shape index (κ1) is 10.9. The highest BCUT2D eigenvalue weighted by molar-refractivity contribution is 5.69. The lowest BCUT2D eigenvalue weighted by Crippen LogP contribution is -2.34. The van der Waals surface area contributed by atoms with Crippen molar-refractivity contribution in [3.8, 4) is 0 Å². The highest BCUT2D eigenvalue weighted by atomic mass is 15.0. The second kappa shape index (κ2) is 4.59. The van der Waals surface area contributed by atoms with E-state index >= 15 is 0 Å². The van der Waals surface area contributed by atoms with Crippen molar-refractivity contribution in [2.45, 2.75) is 38.5 Å². The molecule has 1 aromatic rings. The summed E-state index contributed by atoms with van der Waals surface area (Å²) in [6, 6.07) is 8.58. The van der Waals surface area contributed by atoms with Crippen LogP contribution in [0.4, 0.5) is 11.4 Å². The summed E-state index contributed by atoms with van der Waals surface area (Å²) >= 11 is 0. The van der Waals surface area contributed by atoms with Crippen LogP contribution in [0, 0.1) is 5.41 Å². The molecule has 0 radical (unpaired) electrons. The van der Waals surface area contributed by atoms with E-state index in [4.69, 9.17) is 0 Å². The van der Waals surface area contributed by atoms with Gasteiger partial charge in [-0.05, 0) is 25.0 Å². The number of fused-ring (bicyclic) bond motifs is 1. The molecule has 2 nitrogen and oxygen atoms in total. The van der Waals surface area contributed by atoms with E-state index in [0.717, 1.165) is 13.1 Å². The number of anilines is 2. The van der Waals surface area contributed by atoms with Gasteiger partial charge in [0.2, 0.25) is 0 Å². The van der Waals surface area contributed by atoms with Crippen LogP contribution in [0.25, 0.3) is 0 Å². The van der Waals surface area contributed by atoms with E-state index in [9.17, 15) is 0 Å². The third-order valence-electron chi connectivity index (χ3n) is 4.40. The second-order valence-electron chi connectivity index (χ2n) is 5.67. The molecule has 1 aliphatic heterocycles. The first-order valence-electron chi connectivity index (χ1n) is 6.95. The van der Waals surface area contributed by atoms with Gasteiger partial charge >= 0.3 is 0 Å². The molecule has 1 aromatic carbocycles. The minimum absolute atomic E-state index is 0.482. The van der Waals surface area contributed by atoms with E-state index in [1.54, 1.807) is 0 Å². The Balaban J connectivity index is 1.79. The Labute approximate surface area is 104 Å². The lowest BCUT2D eigenvalue weighted by Gasteiger charge is -2.31. The van der Waals surface area contributed by atoms with Crippen molar-refractivity contribution in [3.63, 3.8) is 0 Å². The number of para-hydroxylation sites is 2. The first-order valence-corrected chi connectivity index (χ1v) is 6.95. The number of hydrogen-bond donors (Lipinski definition) is 2. The lowest BCUT2D eigenvalue weighted by molar-refractivity contribution is 0.286. The monoisotopic (exact) mass is 230 g/mol. The van der Waals surface area contributed by atoms with Crippen LogP contribution in [0.15, 0.2) is 24.3 Å². The van der Waals surface area contributed by atoms with E-state index in [2.05, 4.69) is 34.9 Å². The Morgan fingerprint density at radius 1 is 0.765 bits per heavy atom. The van der Waals surface area contributed by atoms with Crippen LogP contribution in [0.2, 0.25) is 0 Å². The van der Waals surface area contributed by atoms with Gasteiger partial charge in [0.1, 0.15) is 0 Å². The molecular weight excluding hydrogens is 208 g/mol. The summed E-state index contributed by atoms with van der Waals surface area (Å²) in [6.45, 7) is 2.27. The SMILES string of the molecule is c1ccc2c(c1)NCC1(CCCCCC1)CN2. The van der Waals surface area contributed by atoms with E-state index in [-0.39, 0.29) is 0 Å². The molecule has 2 aliphatic rings. The summed E-state index contributed by atoms with van der Waals surface area (Å²) in [5.74, 6) is 0. The largest absolute Gasteiger partial charge is 0.383 e. The highest BCUT2D eigenvalue weighted by Crippen LogP contribution is 2.38. The van der Waals surface area contributed by atoms with Gasteiger partial charge in [-0.2, -0.15) is 0 Å². The summed E-state index contributed by atoms with van der Waals surface area (Å²) in [6.07, 6.45) is 8.41. The molecular formula is C15H22N2. The molecule has 1 heterocycles. The van der Waals surface area contributed by atoms with Crippen molar-refractivity contribution >= 4 is 11.4 Å². The van der Waals surface area contributed by atoms with Crippen molar-refractivity contribution < 1.29 is 0 Å². The van der Waals surface area contributed by atoms with Gasteiger partial charge < -0.3 is 10.6 Å². The van der Waals surface area contributed by atoms with E-state index < -0.39 is 0 Å². The molecule has 2 heteroatoms. The lowest BCUT2D eigenvalue weighted by atomic mass is 9.80. The number of benzene rings is 1. The Hall–Kier alpha value is -1.18. The Bertz CT molecular complexity index is 349. The van der Waals surface area contributed by atoms with Gasteiger partial charge in [0.05, 0.1) is 11.4 Å². The molecule has 92 valence electrons. The normalized spacial score (nSPS) is 22.8. The Morgan fingerprint density at radius 3 is 1.82 bits per heavy atom. The van der Waals surface area contributed by atoms with Crippen LogP contribution in [0.1, 0.15) is 38.5 Å². The van der Waals surface area contributed by atoms with Crippen molar-refractivity contribution in [2.75, 3.05) is 23.7 Å². The third-order valence-corrected chi connectivity index (χ3v) is 4.40. The van der Waals surface area contributed by atoms with Gasteiger partial charge in [-0.15, -0.1) is 0 Å². The third kappa shape index (κ3) is 2.26. The van der Waals surface area contributed by atoms with Crippen LogP contribution in [0.3, 0.4) is 0 Å². The molecule has 0 unspecified atom stereocenters. The van der Waals surface area contributed by atoms with E-state index in [0.29, 0.717) is 5.41 Å². The molecule has 1 saturated carbocycles. The van der Waals surface area contributed by atoms with Crippen molar-refractivity contribution in [2.24, 2.45) is 5.41 Å². The van der Waals surface area contributed by atoms with Crippen LogP contribution in [-0.4, -0.2) is 13.1 Å². The predicted octanol–water partition coefficient (Wildman–Crippen LogP) is 3.86. The molecule has 0 bridgehead atoms. The summed E-state index contributed by atoms with van der Waals surface area (Å²) in [7, 11) is 0. The maximum atomic E-state index is 3.65. The topological polar surface area (TPSA) is 24.1 Å². The van der Waals surface area contributed by atoms with Gasteiger partial charge in [-0.25, -0.2) is 0 Å². The molecule has 0 aromatic heterocycles. The van der Waals surface area contributed by atoms with E-state index in [1.165, 1.54) is 49.9 Å². The molecule has 0 saturated heterocycles. The zero-order chi connectivity index (χ0) is 11.6. The fraction of sp³-hybridized carbons (Fsp3) is 0.600. The maximum absolute atomic E-state index is 3.65. The molecule has 2 N–H and O–H groups in total. The van der Waals surface area contributed by atoms with Crippen molar-refractivity contribution in [1.82, 2.24) is 0 Å². The maximum Gasteiger partial charge on any atom is 0.0576 e. The molecule has 1 fully saturated rings. The average molecular weight is 230 g/mol. The molecule has 1 spiro atoms. The van der Waals surface area contributed by atoms with Gasteiger partial charge in [-0.3, -0.25) is 0 Å². The number of hydrogen-bond acceptors (Lipinski definition) is 2. The van der Waals surface area contributed by atoms with Crippen molar-refractivity contribution in [1.29, 1.82) is 0 Å². The highest BCUT2D eigenvalue weighted by Gasteiger charge is 2.32. The Morgan fingerprint density at radius 2 is 1.29 bits per heavy atom. The zero-order valence-electron chi connectivity index (χ0n) is 10.5. The minimum atomic E-state index is 0.482. The van der Waals surface area contributed by atoms with Gasteiger partial charge in [0.25, 0.3) is 0 Å². The van der Waals surface area contributed by atoms with Crippen LogP contribution in [0.5, 0.6) is 0 Å². The number of nitrogens with one attached hydrogen (secondary N) is 2. The Kier molecular flexibility index (Phi) is 2.96. The van der Waals surface area contributed by atoms with Crippen LogP contribution >= 0.6 is 0 Å². The molecule has 1 aliphatic carbocycles. The predicted molar refractivity (Wildman–Crippen MR) is 73.6 cm³/mol. The van der Waals surface area contributed by atoms with E-state index in [1.807, 2.05) is 0 Å². The second-order valence-corrected chi connectivity index (χ2v) is 5.67. The average Bonchev–Trinajstić information content (AvgIpc) is 2.70. The van der Waals surface area contributed by atoms with Gasteiger partial charge in [0, 0.05) is 18.5 Å². The summed E-state index contributed by atoms with van der Waals surface area (Å²) in [5, 5.41) is 7.30. The first-order chi connectivity index (χ1) is 8.38. The fourth-order valence-corrected chi connectivity index (χ4v) is 3.25.